The third-order valence-electron chi connectivity index (χ3n) is 5.34. The van der Waals surface area contributed by atoms with E-state index in [-0.39, 0.29) is 18.8 Å². The van der Waals surface area contributed by atoms with E-state index in [2.05, 4.69) is 15.3 Å². The van der Waals surface area contributed by atoms with Gasteiger partial charge in [-0.25, -0.2) is 9.97 Å². The molecule has 11 heteroatoms. The maximum absolute atomic E-state index is 13.9. The van der Waals surface area contributed by atoms with E-state index in [0.717, 1.165) is 0 Å². The van der Waals surface area contributed by atoms with E-state index in [0.29, 0.717) is 33.8 Å². The van der Waals surface area contributed by atoms with Crippen molar-refractivity contribution in [2.24, 2.45) is 13.0 Å². The molecule has 1 saturated heterocycles. The molecule has 1 fully saturated rings. The number of carbonyl (C=O) groups is 1. The lowest BCUT2D eigenvalue weighted by Crippen LogP contribution is -2.42. The normalized spacial score (nSPS) is 17.3. The second kappa shape index (κ2) is 8.21. The van der Waals surface area contributed by atoms with E-state index < -0.39 is 24.1 Å². The highest BCUT2D eigenvalue weighted by Gasteiger charge is 2.49. The number of fused-ring (bicyclic) bond motifs is 1. The molecule has 4 rings (SSSR count). The topological polar surface area (TPSA) is 87.5 Å². The van der Waals surface area contributed by atoms with Crippen LogP contribution in [0.2, 0.25) is 0 Å². The first kappa shape index (κ1) is 21.7. The summed E-state index contributed by atoms with van der Waals surface area (Å²) in [6.45, 7) is -0.118. The number of benzene rings is 1. The Morgan fingerprint density at radius 2 is 1.94 bits per heavy atom. The van der Waals surface area contributed by atoms with Crippen LogP contribution in [0.15, 0.2) is 30.6 Å². The SMILES string of the molecule is COc1ccc(-c2cc3ncn(C)c3c(O[C@@H](C3CNC(=O)C3)C(F)(F)F)n2)cc1OC. The molecule has 3 aromatic rings. The molecular formula is C21H21F3N4O4. The smallest absolute Gasteiger partial charge is 0.425 e. The van der Waals surface area contributed by atoms with Gasteiger partial charge in [0.2, 0.25) is 17.9 Å². The van der Waals surface area contributed by atoms with Crippen molar-refractivity contribution in [1.82, 2.24) is 19.9 Å². The van der Waals surface area contributed by atoms with Gasteiger partial charge in [0, 0.05) is 31.5 Å². The van der Waals surface area contributed by atoms with Crippen LogP contribution >= 0.6 is 0 Å². The van der Waals surface area contributed by atoms with Gasteiger partial charge in [0.15, 0.2) is 11.5 Å². The van der Waals surface area contributed by atoms with Crippen molar-refractivity contribution in [3.05, 3.63) is 30.6 Å². The third kappa shape index (κ3) is 4.02. The lowest BCUT2D eigenvalue weighted by atomic mass is 10.0. The average Bonchev–Trinajstić information content (AvgIpc) is 3.36. The van der Waals surface area contributed by atoms with Crippen LogP contribution in [0.3, 0.4) is 0 Å². The van der Waals surface area contributed by atoms with Crippen LogP contribution in [-0.4, -0.2) is 53.5 Å². The second-order valence-corrected chi connectivity index (χ2v) is 7.45. The van der Waals surface area contributed by atoms with Crippen molar-refractivity contribution >= 4 is 16.9 Å². The van der Waals surface area contributed by atoms with Gasteiger partial charge < -0.3 is 24.1 Å². The first-order valence-electron chi connectivity index (χ1n) is 9.75. The van der Waals surface area contributed by atoms with Crippen LogP contribution in [0.25, 0.3) is 22.3 Å². The molecular weight excluding hydrogens is 429 g/mol. The number of hydrogen-bond acceptors (Lipinski definition) is 6. The molecule has 1 aromatic carbocycles. The Morgan fingerprint density at radius 3 is 2.56 bits per heavy atom. The molecule has 0 spiro atoms. The fraction of sp³-hybridized carbons (Fsp3) is 0.381. The molecule has 170 valence electrons. The van der Waals surface area contributed by atoms with Gasteiger partial charge in [-0.05, 0) is 24.3 Å². The van der Waals surface area contributed by atoms with Gasteiger partial charge in [0.1, 0.15) is 5.52 Å². The molecule has 2 aromatic heterocycles. The highest BCUT2D eigenvalue weighted by molar-refractivity contribution is 5.85. The quantitative estimate of drug-likeness (QED) is 0.621. The molecule has 0 bridgehead atoms. The number of methoxy groups -OCH3 is 2. The number of nitrogens with one attached hydrogen (secondary N) is 1. The van der Waals surface area contributed by atoms with Crippen LogP contribution in [0.1, 0.15) is 6.42 Å². The fourth-order valence-electron chi connectivity index (χ4n) is 3.76. The zero-order chi connectivity index (χ0) is 23.0. The van der Waals surface area contributed by atoms with E-state index in [9.17, 15) is 18.0 Å². The van der Waals surface area contributed by atoms with Gasteiger partial charge in [-0.15, -0.1) is 0 Å². The minimum absolute atomic E-state index is 0.118. The fourth-order valence-corrected chi connectivity index (χ4v) is 3.76. The van der Waals surface area contributed by atoms with E-state index in [1.54, 1.807) is 35.9 Å². The number of rotatable bonds is 6. The first-order valence-corrected chi connectivity index (χ1v) is 9.75. The van der Waals surface area contributed by atoms with Crippen LogP contribution in [0.4, 0.5) is 13.2 Å². The summed E-state index contributed by atoms with van der Waals surface area (Å²) >= 11 is 0. The summed E-state index contributed by atoms with van der Waals surface area (Å²) in [7, 11) is 4.63. The molecule has 0 saturated carbocycles. The zero-order valence-corrected chi connectivity index (χ0v) is 17.6. The molecule has 1 aliphatic heterocycles. The van der Waals surface area contributed by atoms with E-state index in [1.165, 1.54) is 20.5 Å². The van der Waals surface area contributed by atoms with Gasteiger partial charge >= 0.3 is 6.18 Å². The van der Waals surface area contributed by atoms with Crippen molar-refractivity contribution in [3.63, 3.8) is 0 Å². The summed E-state index contributed by atoms with van der Waals surface area (Å²) in [5.41, 5.74) is 1.68. The van der Waals surface area contributed by atoms with Gasteiger partial charge in [0.05, 0.1) is 31.8 Å². The minimum Gasteiger partial charge on any atom is -0.493 e. The van der Waals surface area contributed by atoms with Crippen molar-refractivity contribution < 1.29 is 32.2 Å². The molecule has 32 heavy (non-hydrogen) atoms. The van der Waals surface area contributed by atoms with Crippen LogP contribution in [-0.2, 0) is 11.8 Å². The number of pyridine rings is 1. The molecule has 0 aliphatic carbocycles. The number of halogens is 3. The Morgan fingerprint density at radius 1 is 1.19 bits per heavy atom. The minimum atomic E-state index is -4.69. The number of nitrogens with zero attached hydrogens (tertiary/aromatic N) is 3. The third-order valence-corrected chi connectivity index (χ3v) is 5.34. The Labute approximate surface area is 181 Å². The van der Waals surface area contributed by atoms with Crippen molar-refractivity contribution in [3.8, 4) is 28.6 Å². The molecule has 1 unspecified atom stereocenters. The van der Waals surface area contributed by atoms with Crippen LogP contribution in [0, 0.1) is 5.92 Å². The Kier molecular flexibility index (Phi) is 5.57. The zero-order valence-electron chi connectivity index (χ0n) is 17.6. The predicted octanol–water partition coefficient (Wildman–Crippen LogP) is 3.10. The number of aromatic nitrogens is 3. The maximum atomic E-state index is 13.9. The highest BCUT2D eigenvalue weighted by Crippen LogP contribution is 2.37. The van der Waals surface area contributed by atoms with Crippen LogP contribution in [0.5, 0.6) is 17.4 Å². The second-order valence-electron chi connectivity index (χ2n) is 7.45. The van der Waals surface area contributed by atoms with Crippen molar-refractivity contribution in [1.29, 1.82) is 0 Å². The molecule has 8 nitrogen and oxygen atoms in total. The van der Waals surface area contributed by atoms with E-state index in [1.807, 2.05) is 0 Å². The number of ether oxygens (including phenoxy) is 3. The molecule has 1 N–H and O–H groups in total. The Bertz CT molecular complexity index is 1160. The maximum Gasteiger partial charge on any atom is 0.425 e. The molecule has 0 radical (unpaired) electrons. The Hall–Kier alpha value is -3.50. The number of aryl methyl sites for hydroxylation is 1. The van der Waals surface area contributed by atoms with Gasteiger partial charge in [0.25, 0.3) is 0 Å². The summed E-state index contributed by atoms with van der Waals surface area (Å²) in [5, 5.41) is 2.43. The van der Waals surface area contributed by atoms with Crippen molar-refractivity contribution in [2.75, 3.05) is 20.8 Å². The summed E-state index contributed by atoms with van der Waals surface area (Å²) in [4.78, 5) is 20.2. The molecule has 3 heterocycles. The first-order chi connectivity index (χ1) is 15.2. The standard InChI is InChI=1S/C21H21F3N4O4/c1-28-10-26-14-8-13(11-4-5-15(30-2)16(6-11)31-3)27-20(18(14)28)32-19(21(22,23)24)12-7-17(29)25-9-12/h4-6,8,10,12,19H,7,9H2,1-3H3,(H,25,29)/t12?,19-/m0/s1. The largest absolute Gasteiger partial charge is 0.493 e. The summed E-state index contributed by atoms with van der Waals surface area (Å²) in [6, 6.07) is 6.71. The summed E-state index contributed by atoms with van der Waals surface area (Å²) in [6.07, 6.45) is -5.69. The lowest BCUT2D eigenvalue weighted by Gasteiger charge is -2.26. The van der Waals surface area contributed by atoms with Gasteiger partial charge in [-0.3, -0.25) is 4.79 Å². The summed E-state index contributed by atoms with van der Waals surface area (Å²) in [5.74, 6) is -0.766. The number of imidazole rings is 1. The van der Waals surface area contributed by atoms with Crippen molar-refractivity contribution in [2.45, 2.75) is 18.7 Å². The number of alkyl halides is 3. The number of hydrogen-bond donors (Lipinski definition) is 1. The van der Waals surface area contributed by atoms with Gasteiger partial charge in [-0.2, -0.15) is 13.2 Å². The molecule has 1 aliphatic rings. The number of amides is 1. The van der Waals surface area contributed by atoms with E-state index in [4.69, 9.17) is 14.2 Å². The predicted molar refractivity (Wildman–Crippen MR) is 109 cm³/mol. The van der Waals surface area contributed by atoms with Gasteiger partial charge in [-0.1, -0.05) is 0 Å². The molecule has 2 atom stereocenters. The van der Waals surface area contributed by atoms with E-state index >= 15 is 0 Å². The van der Waals surface area contributed by atoms with Crippen LogP contribution < -0.4 is 19.5 Å². The monoisotopic (exact) mass is 450 g/mol. The number of carbonyl (C=O) groups excluding carboxylic acids is 1. The average molecular weight is 450 g/mol. The lowest BCUT2D eigenvalue weighted by molar-refractivity contribution is -0.208. The Balaban J connectivity index is 1.80. The molecule has 1 amide bonds. The highest BCUT2D eigenvalue weighted by atomic mass is 19.4. The summed E-state index contributed by atoms with van der Waals surface area (Å²) < 4.78 is 59.2.